The van der Waals surface area contributed by atoms with E-state index in [9.17, 15) is 9.59 Å². The number of Topliss-reactive ketones (excluding diaryl/α,β-unsaturated/α-hetero) is 1. The summed E-state index contributed by atoms with van der Waals surface area (Å²) in [5.74, 6) is 0.0857. The fourth-order valence-corrected chi connectivity index (χ4v) is 3.43. The molecule has 140 valence electrons. The molecule has 0 unspecified atom stereocenters. The lowest BCUT2D eigenvalue weighted by Gasteiger charge is -2.24. The number of rotatable bonds is 4. The zero-order chi connectivity index (χ0) is 19.9. The first kappa shape index (κ1) is 19.1. The largest absolute Gasteiger partial charge is 0.308 e. The number of hydrogen-bond acceptors (Lipinski definition) is 2. The number of benzene rings is 2. The first-order valence-electron chi connectivity index (χ1n) is 9.35. The molecule has 1 aliphatic heterocycles. The number of fused-ring (bicyclic) bond motifs is 1. The Balaban J connectivity index is 1.95. The quantitative estimate of drug-likeness (QED) is 0.652. The molecule has 3 rings (SSSR count). The van der Waals surface area contributed by atoms with Crippen LogP contribution in [0.2, 0.25) is 0 Å². The molecule has 2 aromatic carbocycles. The van der Waals surface area contributed by atoms with Crippen LogP contribution in [-0.2, 0) is 0 Å². The van der Waals surface area contributed by atoms with Gasteiger partial charge in [-0.1, -0.05) is 45.5 Å². The second-order valence-corrected chi connectivity index (χ2v) is 8.56. The van der Waals surface area contributed by atoms with Crippen molar-refractivity contribution < 1.29 is 9.59 Å². The second-order valence-electron chi connectivity index (χ2n) is 8.56. The topological polar surface area (TPSA) is 37.4 Å². The van der Waals surface area contributed by atoms with Crippen LogP contribution in [0.1, 0.15) is 66.0 Å². The van der Waals surface area contributed by atoms with Gasteiger partial charge >= 0.3 is 0 Å². The highest BCUT2D eigenvalue weighted by Gasteiger charge is 2.31. The number of amides is 1. The van der Waals surface area contributed by atoms with Crippen LogP contribution in [0.15, 0.2) is 43.0 Å². The van der Waals surface area contributed by atoms with E-state index < -0.39 is 0 Å². The zero-order valence-electron chi connectivity index (χ0n) is 16.8. The molecule has 0 aliphatic carbocycles. The molecule has 3 heteroatoms. The summed E-state index contributed by atoms with van der Waals surface area (Å²) in [6, 6.07) is 11.8. The van der Waals surface area contributed by atoms with Gasteiger partial charge in [0.05, 0.1) is 0 Å². The van der Waals surface area contributed by atoms with E-state index in [1.807, 2.05) is 43.3 Å². The van der Waals surface area contributed by atoms with Gasteiger partial charge in [0.15, 0.2) is 5.78 Å². The van der Waals surface area contributed by atoms with Gasteiger partial charge < -0.3 is 4.90 Å². The van der Waals surface area contributed by atoms with Crippen LogP contribution in [-0.4, -0.2) is 23.1 Å². The van der Waals surface area contributed by atoms with Crippen molar-refractivity contribution in [1.82, 2.24) is 4.90 Å². The van der Waals surface area contributed by atoms with E-state index in [0.29, 0.717) is 12.1 Å². The maximum atomic E-state index is 12.8. The fraction of sp³-hybridized carbons (Fsp3) is 0.333. The van der Waals surface area contributed by atoms with Gasteiger partial charge in [-0.15, -0.1) is 0 Å². The SMILES string of the molecule is C=C1c2cc(-c3ccc(C)c(C(C)=O)c3)ccc2C(=O)N1CCC(C)(C)C. The zero-order valence-corrected chi connectivity index (χ0v) is 16.8. The Morgan fingerprint density at radius 1 is 1.04 bits per heavy atom. The lowest BCUT2D eigenvalue weighted by atomic mass is 9.92. The Kier molecular flexibility index (Phi) is 4.81. The van der Waals surface area contributed by atoms with E-state index >= 15 is 0 Å². The average Bonchev–Trinajstić information content (AvgIpc) is 2.83. The molecule has 2 aromatic rings. The van der Waals surface area contributed by atoms with Crippen molar-refractivity contribution in [2.75, 3.05) is 6.54 Å². The first-order chi connectivity index (χ1) is 12.6. The summed E-state index contributed by atoms with van der Waals surface area (Å²) in [4.78, 5) is 26.4. The molecule has 1 aliphatic rings. The van der Waals surface area contributed by atoms with Crippen molar-refractivity contribution in [3.05, 3.63) is 65.2 Å². The predicted octanol–water partition coefficient (Wildman–Crippen LogP) is 5.73. The summed E-state index contributed by atoms with van der Waals surface area (Å²) in [6.45, 7) is 14.9. The van der Waals surface area contributed by atoms with Crippen molar-refractivity contribution in [3.8, 4) is 11.1 Å². The minimum atomic E-state index is 0.0270. The Morgan fingerprint density at radius 2 is 1.67 bits per heavy atom. The Morgan fingerprint density at radius 3 is 2.30 bits per heavy atom. The van der Waals surface area contributed by atoms with Gasteiger partial charge in [-0.25, -0.2) is 0 Å². The normalized spacial score (nSPS) is 13.9. The lowest BCUT2D eigenvalue weighted by Crippen LogP contribution is -2.26. The Labute approximate surface area is 161 Å². The molecule has 3 nitrogen and oxygen atoms in total. The average molecular weight is 361 g/mol. The molecule has 0 saturated carbocycles. The number of hydrogen-bond donors (Lipinski definition) is 0. The summed E-state index contributed by atoms with van der Waals surface area (Å²) < 4.78 is 0. The van der Waals surface area contributed by atoms with Gasteiger partial charge in [-0.05, 0) is 60.6 Å². The van der Waals surface area contributed by atoms with Gasteiger partial charge in [-0.3, -0.25) is 9.59 Å². The number of carbonyl (C=O) groups excluding carboxylic acids is 2. The molecular weight excluding hydrogens is 334 g/mol. The van der Waals surface area contributed by atoms with Crippen LogP contribution in [0.5, 0.6) is 0 Å². The highest BCUT2D eigenvalue weighted by molar-refractivity contribution is 6.09. The van der Waals surface area contributed by atoms with Crippen LogP contribution >= 0.6 is 0 Å². The summed E-state index contributed by atoms with van der Waals surface area (Å²) in [5.41, 5.74) is 6.18. The fourth-order valence-electron chi connectivity index (χ4n) is 3.43. The second kappa shape index (κ2) is 6.80. The van der Waals surface area contributed by atoms with Crippen LogP contribution in [0.25, 0.3) is 16.8 Å². The smallest absolute Gasteiger partial charge is 0.258 e. The predicted molar refractivity (Wildman–Crippen MR) is 111 cm³/mol. The van der Waals surface area contributed by atoms with E-state index in [4.69, 9.17) is 0 Å². The van der Waals surface area contributed by atoms with E-state index in [0.717, 1.165) is 39.9 Å². The van der Waals surface area contributed by atoms with Gasteiger partial charge in [0, 0.05) is 28.9 Å². The molecule has 0 bridgehead atoms. The van der Waals surface area contributed by atoms with Crippen molar-refractivity contribution in [2.45, 2.75) is 41.0 Å². The van der Waals surface area contributed by atoms with Crippen molar-refractivity contribution in [2.24, 2.45) is 5.41 Å². The summed E-state index contributed by atoms with van der Waals surface area (Å²) in [7, 11) is 0. The highest BCUT2D eigenvalue weighted by atomic mass is 16.2. The molecule has 27 heavy (non-hydrogen) atoms. The number of ketones is 1. The molecule has 1 amide bonds. The molecule has 0 saturated heterocycles. The molecule has 1 heterocycles. The van der Waals surface area contributed by atoms with Crippen molar-refractivity contribution >= 4 is 17.4 Å². The van der Waals surface area contributed by atoms with Crippen LogP contribution in [0.3, 0.4) is 0 Å². The van der Waals surface area contributed by atoms with Crippen LogP contribution in [0, 0.1) is 12.3 Å². The third kappa shape index (κ3) is 3.73. The van der Waals surface area contributed by atoms with Gasteiger partial charge in [0.25, 0.3) is 5.91 Å². The Hall–Kier alpha value is -2.68. The summed E-state index contributed by atoms with van der Waals surface area (Å²) >= 11 is 0. The number of nitrogens with zero attached hydrogens (tertiary/aromatic N) is 1. The van der Waals surface area contributed by atoms with Gasteiger partial charge in [0.2, 0.25) is 0 Å². The van der Waals surface area contributed by atoms with E-state index in [2.05, 4.69) is 27.4 Å². The highest BCUT2D eigenvalue weighted by Crippen LogP contribution is 2.36. The monoisotopic (exact) mass is 361 g/mol. The summed E-state index contributed by atoms with van der Waals surface area (Å²) in [6.07, 6.45) is 0.915. The molecule has 0 radical (unpaired) electrons. The van der Waals surface area contributed by atoms with Crippen molar-refractivity contribution in [3.63, 3.8) is 0 Å². The third-order valence-electron chi connectivity index (χ3n) is 5.17. The lowest BCUT2D eigenvalue weighted by molar-refractivity contribution is 0.0839. The number of aryl methyl sites for hydroxylation is 1. The minimum Gasteiger partial charge on any atom is -0.308 e. The van der Waals surface area contributed by atoms with E-state index in [-0.39, 0.29) is 17.1 Å². The standard InChI is InChI=1S/C24H27NO2/c1-15-7-8-18(13-21(15)17(3)26)19-9-10-20-22(14-19)16(2)25(23(20)27)12-11-24(4,5)6/h7-10,13-14H,2,11-12H2,1,3-6H3. The van der Waals surface area contributed by atoms with Crippen LogP contribution in [0.4, 0.5) is 0 Å². The van der Waals surface area contributed by atoms with Gasteiger partial charge in [0.1, 0.15) is 0 Å². The Bertz CT molecular complexity index is 947. The maximum Gasteiger partial charge on any atom is 0.258 e. The van der Waals surface area contributed by atoms with Gasteiger partial charge in [-0.2, -0.15) is 0 Å². The molecule has 0 atom stereocenters. The van der Waals surface area contributed by atoms with Crippen LogP contribution < -0.4 is 0 Å². The number of carbonyl (C=O) groups is 2. The maximum absolute atomic E-state index is 12.8. The third-order valence-corrected chi connectivity index (χ3v) is 5.17. The molecule has 0 aromatic heterocycles. The molecule has 0 N–H and O–H groups in total. The molecule has 0 spiro atoms. The summed E-state index contributed by atoms with van der Waals surface area (Å²) in [5, 5.41) is 0. The van der Waals surface area contributed by atoms with Crippen molar-refractivity contribution in [1.29, 1.82) is 0 Å². The first-order valence-corrected chi connectivity index (χ1v) is 9.35. The van der Waals surface area contributed by atoms with E-state index in [1.54, 1.807) is 11.8 Å². The molecular formula is C24H27NO2. The minimum absolute atomic E-state index is 0.0270. The van der Waals surface area contributed by atoms with E-state index in [1.165, 1.54) is 0 Å². The molecule has 0 fully saturated rings.